The third kappa shape index (κ3) is 14.9. The van der Waals surface area contributed by atoms with E-state index in [2.05, 4.69) is 26.5 Å². The molecule has 0 saturated heterocycles. The normalized spacial score (nSPS) is 15.2. The van der Waals surface area contributed by atoms with Crippen molar-refractivity contribution in [2.45, 2.75) is 117 Å². The van der Waals surface area contributed by atoms with Gasteiger partial charge in [0.15, 0.2) is 0 Å². The summed E-state index contributed by atoms with van der Waals surface area (Å²) in [5.41, 5.74) is 1.78. The first-order valence-corrected chi connectivity index (χ1v) is 22.5. The highest BCUT2D eigenvalue weighted by molar-refractivity contribution is 7.22. The third-order valence-corrected chi connectivity index (χ3v) is 11.7. The maximum atomic E-state index is 13.5. The van der Waals surface area contributed by atoms with Crippen molar-refractivity contribution >= 4 is 50.8 Å². The van der Waals surface area contributed by atoms with Crippen molar-refractivity contribution in [2.24, 2.45) is 16.9 Å². The topological polar surface area (TPSA) is 117 Å². The molecule has 0 aliphatic heterocycles. The van der Waals surface area contributed by atoms with E-state index in [1.807, 2.05) is 23.2 Å². The van der Waals surface area contributed by atoms with Crippen LogP contribution in [0.15, 0.2) is 84.5 Å². The van der Waals surface area contributed by atoms with E-state index in [0.29, 0.717) is 54.1 Å². The minimum atomic E-state index is -0.536. The lowest BCUT2D eigenvalue weighted by Gasteiger charge is -2.27. The van der Waals surface area contributed by atoms with Crippen LogP contribution in [0.1, 0.15) is 133 Å². The molecule has 1 aliphatic carbocycles. The Balaban J connectivity index is 1.27. The summed E-state index contributed by atoms with van der Waals surface area (Å²) in [7, 11) is 0. The van der Waals surface area contributed by atoms with Crippen molar-refractivity contribution in [2.75, 3.05) is 24.8 Å². The number of para-hydroxylation sites is 1. The second-order valence-corrected chi connectivity index (χ2v) is 16.3. The molecule has 1 fully saturated rings. The summed E-state index contributed by atoms with van der Waals surface area (Å²) in [4.78, 5) is 42.9. The highest BCUT2D eigenvalue weighted by Gasteiger charge is 2.28. The van der Waals surface area contributed by atoms with Crippen molar-refractivity contribution in [3.05, 3.63) is 90.5 Å². The summed E-state index contributed by atoms with van der Waals surface area (Å²) in [5, 5.41) is 7.59. The highest BCUT2D eigenvalue weighted by atomic mass is 32.1. The van der Waals surface area contributed by atoms with Gasteiger partial charge >= 0.3 is 17.9 Å². The van der Waals surface area contributed by atoms with Crippen LogP contribution >= 0.6 is 11.3 Å². The second kappa shape index (κ2) is 24.8. The number of nitrogens with zero attached hydrogens (tertiary/aromatic N) is 3. The Bertz CT molecular complexity index is 1920. The van der Waals surface area contributed by atoms with E-state index in [9.17, 15) is 14.4 Å². The van der Waals surface area contributed by atoms with E-state index < -0.39 is 11.9 Å². The van der Waals surface area contributed by atoms with Gasteiger partial charge in [0.1, 0.15) is 17.2 Å². The van der Waals surface area contributed by atoms with Gasteiger partial charge in [-0.3, -0.25) is 4.79 Å². The number of carbonyl (C=O) groups is 3. The summed E-state index contributed by atoms with van der Waals surface area (Å²) < 4.78 is 23.9. The summed E-state index contributed by atoms with van der Waals surface area (Å²) in [6.07, 6.45) is 19.4. The number of esters is 3. The van der Waals surface area contributed by atoms with Crippen molar-refractivity contribution in [3.63, 3.8) is 0 Å². The summed E-state index contributed by atoms with van der Waals surface area (Å²) in [5.74, 6) is 0.737. The number of thiazole rings is 1. The molecule has 0 radical (unpaired) electrons. The average Bonchev–Trinajstić information content (AvgIpc) is 3.70. The van der Waals surface area contributed by atoms with E-state index >= 15 is 0 Å². The molecule has 59 heavy (non-hydrogen) atoms. The van der Waals surface area contributed by atoms with Gasteiger partial charge in [-0.2, -0.15) is 5.10 Å². The summed E-state index contributed by atoms with van der Waals surface area (Å²) in [6, 6.07) is 20.0. The van der Waals surface area contributed by atoms with Crippen molar-refractivity contribution in [3.8, 4) is 17.2 Å². The first-order chi connectivity index (χ1) is 28.9. The van der Waals surface area contributed by atoms with E-state index in [-0.39, 0.29) is 11.9 Å². The summed E-state index contributed by atoms with van der Waals surface area (Å²) >= 11 is 1.58. The predicted octanol–water partition coefficient (Wildman–Crippen LogP) is 11.9. The Morgan fingerprint density at radius 2 is 1.53 bits per heavy atom. The SMILES string of the molecule is C=CC(=O)OCCCCCCOc1ccc(C(=O)Oc2ccc(OC(=O)C3CCC(CCCCC)CC3)cc2/C=N/N(CCCCCC)c2nc3ccccc3s2)cc1. The molecule has 10 nitrogen and oxygen atoms in total. The number of benzene rings is 3. The fraction of sp³-hybridized carbons (Fsp3) is 0.479. The fourth-order valence-electron chi connectivity index (χ4n) is 7.17. The number of aromatic nitrogens is 1. The molecule has 316 valence electrons. The molecular formula is C48H61N3O7S. The van der Waals surface area contributed by atoms with Crippen molar-refractivity contribution in [1.29, 1.82) is 0 Å². The number of hydrogen-bond acceptors (Lipinski definition) is 11. The number of fused-ring (bicyclic) bond motifs is 1. The van der Waals surface area contributed by atoms with Gasteiger partial charge < -0.3 is 18.9 Å². The van der Waals surface area contributed by atoms with Crippen LogP contribution in [0.3, 0.4) is 0 Å². The molecule has 1 aliphatic rings. The van der Waals surface area contributed by atoms with Crippen LogP contribution in [0.25, 0.3) is 10.2 Å². The number of hydrogen-bond donors (Lipinski definition) is 0. The Labute approximate surface area is 354 Å². The molecule has 0 amide bonds. The molecule has 5 rings (SSSR count). The number of unbranched alkanes of at least 4 members (excludes halogenated alkanes) is 8. The molecule has 0 bridgehead atoms. The van der Waals surface area contributed by atoms with Gasteiger partial charge in [0.25, 0.3) is 0 Å². The molecule has 0 N–H and O–H groups in total. The molecule has 0 spiro atoms. The maximum absolute atomic E-state index is 13.5. The molecule has 1 saturated carbocycles. The van der Waals surface area contributed by atoms with Crippen LogP contribution in [0, 0.1) is 11.8 Å². The quantitative estimate of drug-likeness (QED) is 0.0161. The number of carbonyl (C=O) groups excluding carboxylic acids is 3. The summed E-state index contributed by atoms with van der Waals surface area (Å²) in [6.45, 7) is 9.40. The van der Waals surface area contributed by atoms with E-state index in [4.69, 9.17) is 29.0 Å². The maximum Gasteiger partial charge on any atom is 0.343 e. The monoisotopic (exact) mass is 823 g/mol. The van der Waals surface area contributed by atoms with Crippen molar-refractivity contribution < 1.29 is 33.3 Å². The van der Waals surface area contributed by atoms with Crippen molar-refractivity contribution in [1.82, 2.24) is 4.98 Å². The van der Waals surface area contributed by atoms with Gasteiger partial charge in [-0.05, 0) is 118 Å². The minimum Gasteiger partial charge on any atom is -0.494 e. The highest BCUT2D eigenvalue weighted by Crippen LogP contribution is 2.34. The lowest BCUT2D eigenvalue weighted by atomic mass is 9.80. The van der Waals surface area contributed by atoms with E-state index in [1.165, 1.54) is 31.8 Å². The lowest BCUT2D eigenvalue weighted by Crippen LogP contribution is -2.25. The second-order valence-electron chi connectivity index (χ2n) is 15.3. The lowest BCUT2D eigenvalue weighted by molar-refractivity contribution is -0.140. The minimum absolute atomic E-state index is 0.128. The molecule has 1 heterocycles. The van der Waals surface area contributed by atoms with Crippen LogP contribution in [0.2, 0.25) is 0 Å². The zero-order valence-electron chi connectivity index (χ0n) is 34.9. The average molecular weight is 824 g/mol. The Morgan fingerprint density at radius 1 is 0.814 bits per heavy atom. The first-order valence-electron chi connectivity index (χ1n) is 21.6. The van der Waals surface area contributed by atoms with Crippen LogP contribution in [0.5, 0.6) is 17.2 Å². The van der Waals surface area contributed by atoms with Gasteiger partial charge in [0, 0.05) is 18.2 Å². The van der Waals surface area contributed by atoms with Gasteiger partial charge in [-0.1, -0.05) is 88.8 Å². The molecule has 1 aromatic heterocycles. The molecular weight excluding hydrogens is 763 g/mol. The number of hydrazone groups is 1. The van der Waals surface area contributed by atoms with Crippen LogP contribution in [0.4, 0.5) is 5.13 Å². The van der Waals surface area contributed by atoms with E-state index in [1.54, 1.807) is 60.0 Å². The van der Waals surface area contributed by atoms with Gasteiger partial charge in [-0.15, -0.1) is 0 Å². The standard InChI is InChI=1S/C48H61N3O7S/c1-4-7-9-15-31-51(48-50-42-19-13-14-20-44(42)59-48)49-35-39-34-41(57-46(53)37-23-21-36(22-24-37)18-12-8-5-2)29-30-43(39)58-47(54)38-25-27-40(28-26-38)55-32-16-10-11-17-33-56-45(52)6-3/h6,13-14,19-20,25-30,34-37H,3-5,7-12,15-18,21-24,31-33H2,1-2H3/b49-35+. The zero-order chi connectivity index (χ0) is 41.7. The molecule has 11 heteroatoms. The van der Waals surface area contributed by atoms with Gasteiger partial charge in [0.05, 0.1) is 41.1 Å². The number of ether oxygens (including phenoxy) is 4. The van der Waals surface area contributed by atoms with Crippen LogP contribution < -0.4 is 19.2 Å². The number of rotatable bonds is 25. The molecule has 3 aromatic carbocycles. The van der Waals surface area contributed by atoms with E-state index in [0.717, 1.165) is 92.4 Å². The van der Waals surface area contributed by atoms with Crippen LogP contribution in [-0.2, 0) is 14.3 Å². The Morgan fingerprint density at radius 3 is 2.27 bits per heavy atom. The first kappa shape index (κ1) is 45.1. The smallest absolute Gasteiger partial charge is 0.343 e. The van der Waals surface area contributed by atoms with Gasteiger partial charge in [0.2, 0.25) is 5.13 Å². The van der Waals surface area contributed by atoms with Gasteiger partial charge in [-0.25, -0.2) is 19.6 Å². The fourth-order valence-corrected chi connectivity index (χ4v) is 8.12. The zero-order valence-corrected chi connectivity index (χ0v) is 35.7. The number of anilines is 1. The predicted molar refractivity (Wildman–Crippen MR) is 237 cm³/mol. The third-order valence-electron chi connectivity index (χ3n) is 10.7. The molecule has 0 atom stereocenters. The molecule has 4 aromatic rings. The van der Waals surface area contributed by atoms with Crippen LogP contribution in [-0.4, -0.2) is 48.9 Å². The molecule has 0 unspecified atom stereocenters. The Kier molecular flexibility index (Phi) is 18.9. The Hall–Kier alpha value is -5.03. The largest absolute Gasteiger partial charge is 0.494 e.